The summed E-state index contributed by atoms with van der Waals surface area (Å²) in [5.41, 5.74) is 2.70. The molecule has 0 aliphatic carbocycles. The van der Waals surface area contributed by atoms with Crippen molar-refractivity contribution in [2.45, 2.75) is 13.5 Å². The summed E-state index contributed by atoms with van der Waals surface area (Å²) in [5, 5.41) is 11.3. The van der Waals surface area contributed by atoms with E-state index in [0.717, 1.165) is 11.1 Å². The number of halogens is 2. The molecule has 1 aliphatic heterocycles. The van der Waals surface area contributed by atoms with Crippen LogP contribution in [0.5, 0.6) is 11.5 Å². The smallest absolute Gasteiger partial charge is 0.363 e. The van der Waals surface area contributed by atoms with Gasteiger partial charge in [0.1, 0.15) is 6.61 Å². The Morgan fingerprint density at radius 1 is 1.20 bits per heavy atom. The number of carbonyl (C=O) groups excluding carboxylic acids is 1. The Bertz CT molecular complexity index is 1400. The average molecular weight is 558 g/mol. The Balaban J connectivity index is 1.62. The number of ether oxygens (including phenoxy) is 3. The van der Waals surface area contributed by atoms with Crippen molar-refractivity contribution in [1.29, 1.82) is 0 Å². The van der Waals surface area contributed by atoms with E-state index in [-0.39, 0.29) is 27.9 Å². The minimum Gasteiger partial charge on any atom is -0.493 e. The highest BCUT2D eigenvalue weighted by Crippen LogP contribution is 2.38. The van der Waals surface area contributed by atoms with E-state index in [1.165, 1.54) is 31.4 Å². The quantitative estimate of drug-likeness (QED) is 0.147. The van der Waals surface area contributed by atoms with Gasteiger partial charge in [0.25, 0.3) is 5.69 Å². The van der Waals surface area contributed by atoms with Crippen LogP contribution in [0.15, 0.2) is 69.8 Å². The van der Waals surface area contributed by atoms with E-state index in [1.54, 1.807) is 12.1 Å². The molecule has 0 N–H and O–H groups in total. The van der Waals surface area contributed by atoms with Crippen LogP contribution in [0.3, 0.4) is 0 Å². The normalized spacial score (nSPS) is 14.0. The van der Waals surface area contributed by atoms with E-state index in [4.69, 9.17) is 25.8 Å². The topological polar surface area (TPSA) is 100 Å². The highest BCUT2D eigenvalue weighted by Gasteiger charge is 2.27. The minimum absolute atomic E-state index is 0.00459. The van der Waals surface area contributed by atoms with Crippen molar-refractivity contribution in [3.8, 4) is 11.5 Å². The molecule has 0 radical (unpaired) electrons. The minimum atomic E-state index is -0.711. The number of cyclic esters (lactones) is 1. The first-order valence-electron chi connectivity index (χ1n) is 10.3. The number of methoxy groups -OCH3 is 1. The SMILES string of the molecule is COc1cc(/C=C2\N=C(c3cc([N+](=O)[O-])ccc3Cl)OC2=O)cc(Br)c1OCc1cccc(C)c1. The molecule has 4 rings (SSSR count). The second-order valence-electron chi connectivity index (χ2n) is 7.57. The highest BCUT2D eigenvalue weighted by molar-refractivity contribution is 9.10. The third kappa shape index (κ3) is 5.52. The molecule has 0 aromatic heterocycles. The number of aliphatic imine (C=N–C) groups is 1. The van der Waals surface area contributed by atoms with Gasteiger partial charge in [0, 0.05) is 12.1 Å². The van der Waals surface area contributed by atoms with Gasteiger partial charge >= 0.3 is 5.97 Å². The van der Waals surface area contributed by atoms with Crippen LogP contribution >= 0.6 is 27.5 Å². The van der Waals surface area contributed by atoms with Crippen molar-refractivity contribution in [2.24, 2.45) is 4.99 Å². The molecule has 0 unspecified atom stereocenters. The summed E-state index contributed by atoms with van der Waals surface area (Å²) in [7, 11) is 1.52. The zero-order valence-corrected chi connectivity index (χ0v) is 20.9. The van der Waals surface area contributed by atoms with Crippen LogP contribution in [0.4, 0.5) is 5.69 Å². The molecule has 0 saturated carbocycles. The molecule has 1 aliphatic rings. The zero-order valence-electron chi connectivity index (χ0n) is 18.6. The summed E-state index contributed by atoms with van der Waals surface area (Å²) in [6, 6.07) is 15.2. The van der Waals surface area contributed by atoms with Crippen LogP contribution in [0.25, 0.3) is 6.08 Å². The third-order valence-electron chi connectivity index (χ3n) is 5.03. The van der Waals surface area contributed by atoms with E-state index in [1.807, 2.05) is 31.2 Å². The van der Waals surface area contributed by atoms with Gasteiger partial charge in [-0.1, -0.05) is 41.4 Å². The van der Waals surface area contributed by atoms with Gasteiger partial charge in [0.05, 0.1) is 27.1 Å². The van der Waals surface area contributed by atoms with Gasteiger partial charge in [0.2, 0.25) is 5.90 Å². The molecule has 178 valence electrons. The van der Waals surface area contributed by atoms with Crippen LogP contribution in [-0.4, -0.2) is 23.9 Å². The number of nitro benzene ring substituents is 1. The number of non-ortho nitro benzene ring substituents is 1. The number of esters is 1. The number of aryl methyl sites for hydroxylation is 1. The van der Waals surface area contributed by atoms with Gasteiger partial charge in [-0.05, 0) is 58.3 Å². The van der Waals surface area contributed by atoms with Gasteiger partial charge in [0.15, 0.2) is 17.2 Å². The van der Waals surface area contributed by atoms with E-state index in [0.29, 0.717) is 28.1 Å². The number of hydrogen-bond acceptors (Lipinski definition) is 7. The summed E-state index contributed by atoms with van der Waals surface area (Å²) < 4.78 is 17.3. The van der Waals surface area contributed by atoms with Crippen molar-refractivity contribution in [1.82, 2.24) is 0 Å². The number of rotatable bonds is 7. The molecule has 0 amide bonds. The maximum atomic E-state index is 12.4. The third-order valence-corrected chi connectivity index (χ3v) is 5.95. The number of carbonyl (C=O) groups is 1. The molecule has 0 atom stereocenters. The van der Waals surface area contributed by atoms with E-state index >= 15 is 0 Å². The summed E-state index contributed by atoms with van der Waals surface area (Å²) in [4.78, 5) is 27.2. The van der Waals surface area contributed by atoms with E-state index in [9.17, 15) is 14.9 Å². The van der Waals surface area contributed by atoms with Crippen LogP contribution in [0.1, 0.15) is 22.3 Å². The van der Waals surface area contributed by atoms with Crippen LogP contribution < -0.4 is 9.47 Å². The predicted octanol–water partition coefficient (Wildman–Crippen LogP) is 6.25. The lowest BCUT2D eigenvalue weighted by Crippen LogP contribution is -2.06. The molecule has 3 aromatic rings. The first-order chi connectivity index (χ1) is 16.7. The van der Waals surface area contributed by atoms with Gasteiger partial charge in [-0.25, -0.2) is 9.79 Å². The second kappa shape index (κ2) is 10.3. The molecular formula is C25H18BrClN2O6. The van der Waals surface area contributed by atoms with Gasteiger partial charge in [-0.3, -0.25) is 10.1 Å². The van der Waals surface area contributed by atoms with E-state index in [2.05, 4.69) is 20.9 Å². The van der Waals surface area contributed by atoms with Crippen molar-refractivity contribution in [3.63, 3.8) is 0 Å². The molecule has 10 heteroatoms. The number of nitro groups is 1. The Morgan fingerprint density at radius 2 is 2.00 bits per heavy atom. The summed E-state index contributed by atoms with van der Waals surface area (Å²) in [5.74, 6) is 0.144. The largest absolute Gasteiger partial charge is 0.493 e. The molecule has 35 heavy (non-hydrogen) atoms. The molecule has 0 saturated heterocycles. The summed E-state index contributed by atoms with van der Waals surface area (Å²) in [6.07, 6.45) is 1.51. The van der Waals surface area contributed by atoms with Crippen molar-refractivity contribution < 1.29 is 23.9 Å². The van der Waals surface area contributed by atoms with Gasteiger partial charge in [-0.2, -0.15) is 0 Å². The number of benzene rings is 3. The Morgan fingerprint density at radius 3 is 2.71 bits per heavy atom. The summed E-state index contributed by atoms with van der Waals surface area (Å²) >= 11 is 9.65. The molecular weight excluding hydrogens is 540 g/mol. The van der Waals surface area contributed by atoms with Gasteiger partial charge in [-0.15, -0.1) is 0 Å². The monoisotopic (exact) mass is 556 g/mol. The molecule has 0 bridgehead atoms. The fraction of sp³-hybridized carbons (Fsp3) is 0.120. The van der Waals surface area contributed by atoms with Crippen LogP contribution in [0.2, 0.25) is 5.02 Å². The maximum Gasteiger partial charge on any atom is 0.363 e. The van der Waals surface area contributed by atoms with Crippen molar-refractivity contribution in [3.05, 3.63) is 102 Å². The lowest BCUT2D eigenvalue weighted by atomic mass is 10.1. The van der Waals surface area contributed by atoms with Gasteiger partial charge < -0.3 is 14.2 Å². The number of nitrogens with zero attached hydrogens (tertiary/aromatic N) is 2. The average Bonchev–Trinajstić information content (AvgIpc) is 3.18. The Labute approximate surface area is 214 Å². The van der Waals surface area contributed by atoms with Crippen molar-refractivity contribution >= 4 is 51.2 Å². The molecule has 0 fully saturated rings. The van der Waals surface area contributed by atoms with Crippen LogP contribution in [-0.2, 0) is 16.1 Å². The fourth-order valence-corrected chi connectivity index (χ4v) is 4.17. The second-order valence-corrected chi connectivity index (χ2v) is 8.83. The molecule has 1 heterocycles. The van der Waals surface area contributed by atoms with Crippen LogP contribution in [0, 0.1) is 17.0 Å². The lowest BCUT2D eigenvalue weighted by Gasteiger charge is -2.14. The highest BCUT2D eigenvalue weighted by atomic mass is 79.9. The first kappa shape index (κ1) is 24.4. The predicted molar refractivity (Wildman–Crippen MR) is 135 cm³/mol. The molecule has 0 spiro atoms. The standard InChI is InChI=1S/C25H18BrClN2O6/c1-14-4-3-5-15(8-14)13-34-23-19(26)9-16(11-22(23)33-2)10-21-25(30)35-24(28-21)18-12-17(29(31)32)6-7-20(18)27/h3-12H,13H2,1-2H3/b21-10-. The maximum absolute atomic E-state index is 12.4. The Hall–Kier alpha value is -3.69. The lowest BCUT2D eigenvalue weighted by molar-refractivity contribution is -0.384. The Kier molecular flexibility index (Phi) is 7.18. The van der Waals surface area contributed by atoms with E-state index < -0.39 is 10.9 Å². The molecule has 3 aromatic carbocycles. The van der Waals surface area contributed by atoms with Crippen molar-refractivity contribution in [2.75, 3.05) is 7.11 Å². The number of hydrogen-bond donors (Lipinski definition) is 0. The first-order valence-corrected chi connectivity index (χ1v) is 11.4. The fourth-order valence-electron chi connectivity index (χ4n) is 3.39. The summed E-state index contributed by atoms with van der Waals surface area (Å²) in [6.45, 7) is 2.36. The zero-order chi connectivity index (χ0) is 25.1. The molecule has 8 nitrogen and oxygen atoms in total.